The first-order chi connectivity index (χ1) is 1.00. The largest absolute Gasteiger partial charge is 0 e. The summed E-state index contributed by atoms with van der Waals surface area (Å²) in [5.74, 6) is 0. The van der Waals surface area contributed by atoms with Gasteiger partial charge in [0.2, 0.25) is 0 Å². The first-order valence-electron chi connectivity index (χ1n) is 0.167. The van der Waals surface area contributed by atoms with Gasteiger partial charge in [-0.3, -0.25) is 0 Å². The molecular weight excluding hydrogens is 545 g/mol. The van der Waals surface area contributed by atoms with Crippen LogP contribution < -0.4 is 0 Å². The Balaban J connectivity index is -0.00000000167. The maximum atomic E-state index is 1.96. The number of rotatable bonds is 0. The zero-order valence-electron chi connectivity index (χ0n) is 2.04. The molecule has 0 unspecified atom stereocenters. The Kier molecular flexibility index (Phi) is 107. The van der Waals surface area contributed by atoms with Crippen LogP contribution in [0.2, 0.25) is 0 Å². The van der Waals surface area contributed by atoms with Crippen molar-refractivity contribution < 1.29 is 131 Å². The second-order valence-corrected chi connectivity index (χ2v) is 0. The maximum Gasteiger partial charge on any atom is 0 e. The molecule has 0 saturated carbocycles. The molecule has 0 N–H and O–H groups in total. The third kappa shape index (κ3) is 17.7. The smallest absolute Gasteiger partial charge is 0 e. The average molecular weight is 545 g/mol. The average Bonchev–Trinajstić information content (AvgIpc) is 1.00. The molecule has 0 heterocycles. The fourth-order valence-electron chi connectivity index (χ4n) is 0. The zero-order chi connectivity index (χ0) is 2.00. The van der Waals surface area contributed by atoms with E-state index in [4.69, 9.17) is 0 Å². The van der Waals surface area contributed by atoms with Gasteiger partial charge in [-0.25, -0.2) is 0 Å². The van der Waals surface area contributed by atoms with Crippen molar-refractivity contribution in [3.63, 3.8) is 0 Å². The van der Waals surface area contributed by atoms with E-state index >= 15 is 0 Å². The van der Waals surface area contributed by atoms with Crippen LogP contribution in [0.1, 0.15) is 0 Å². The molecule has 0 amide bonds. The second-order valence-electron chi connectivity index (χ2n) is 0. The number of hydrogen-bond acceptors (Lipinski definition) is 0. The van der Waals surface area contributed by atoms with Gasteiger partial charge in [0, 0.05) is 97.7 Å². The summed E-state index contributed by atoms with van der Waals surface area (Å²) in [5, 5.41) is 0. The molecule has 0 aromatic carbocycles. The van der Waals surface area contributed by atoms with Gasteiger partial charge in [0.15, 0.2) is 0 Å². The maximum absolute atomic E-state index is 1.96. The van der Waals surface area contributed by atoms with Gasteiger partial charge in [-0.2, -0.15) is 0 Å². The molecule has 0 spiro atoms. The van der Waals surface area contributed by atoms with Crippen LogP contribution in [0.15, 0.2) is 0 Å². The summed E-state index contributed by atoms with van der Waals surface area (Å²) < 4.78 is 0. The van der Waals surface area contributed by atoms with Crippen LogP contribution >= 0.6 is 0 Å². The van der Waals surface area contributed by atoms with Gasteiger partial charge in [-0.05, 0) is 0 Å². The summed E-state index contributed by atoms with van der Waals surface area (Å²) in [5.41, 5.74) is 0. The first kappa shape index (κ1) is 22.7. The topological polar surface area (TPSA) is 0 Å². The van der Waals surface area contributed by atoms with Gasteiger partial charge in [0.1, 0.15) is 0 Å². The summed E-state index contributed by atoms with van der Waals surface area (Å²) >= 11 is 3.92. The van der Waals surface area contributed by atoms with Crippen molar-refractivity contribution in [2.75, 3.05) is 0 Å². The molecule has 0 bridgehead atoms. The Morgan fingerprint density at radius 1 is 1.00 bits per heavy atom. The molecule has 5 heavy (non-hydrogen) atoms. The van der Waals surface area contributed by atoms with Crippen molar-refractivity contribution in [2.24, 2.45) is 0 Å². The Bertz CT molecular complexity index is 9.61. The van der Waals surface area contributed by atoms with E-state index in [2.05, 4.69) is 0 Å². The fraction of sp³-hybridized carbons (Fsp3) is 0. The molecule has 0 aliphatic rings. The SMILES string of the molecule is [Mo][Mo].[Nd].[Ni].[Sm]. The molecule has 0 rings (SSSR count). The van der Waals surface area contributed by atoms with Crippen molar-refractivity contribution in [3.8, 4) is 0 Å². The van der Waals surface area contributed by atoms with E-state index in [1.165, 1.54) is 0 Å². The first-order valence-corrected chi connectivity index (χ1v) is 5.83. The normalized spacial score (nSPS) is 0.800. The van der Waals surface area contributed by atoms with E-state index in [-0.39, 0.29) is 97.7 Å². The van der Waals surface area contributed by atoms with E-state index in [1.807, 2.05) is 33.6 Å². The predicted molar refractivity (Wildman–Crippen MR) is 0 cm³/mol. The summed E-state index contributed by atoms with van der Waals surface area (Å²) in [6.07, 6.45) is 0. The molecule has 0 aromatic heterocycles. The van der Waals surface area contributed by atoms with Crippen LogP contribution in [0.4, 0.5) is 0 Å². The molecule has 0 fully saturated rings. The van der Waals surface area contributed by atoms with Crippen molar-refractivity contribution in [3.05, 3.63) is 0 Å². The second kappa shape index (κ2) is 23.5. The minimum atomic E-state index is 0. The Morgan fingerprint density at radius 3 is 1.00 bits per heavy atom. The van der Waals surface area contributed by atoms with E-state index in [0.29, 0.717) is 0 Å². The van der Waals surface area contributed by atoms with E-state index < -0.39 is 0 Å². The van der Waals surface area contributed by atoms with E-state index in [9.17, 15) is 0 Å². The van der Waals surface area contributed by atoms with Crippen LogP contribution in [0.5, 0.6) is 0 Å². The van der Waals surface area contributed by atoms with Crippen LogP contribution in [0.3, 0.4) is 0 Å². The van der Waals surface area contributed by atoms with Gasteiger partial charge >= 0.3 is 33.6 Å². The number of hydrogen-bond donors (Lipinski definition) is 0. The molecule has 32 valence electrons. The van der Waals surface area contributed by atoms with E-state index in [0.717, 1.165) is 0 Å². The Labute approximate surface area is 127 Å². The molecule has 0 aliphatic carbocycles. The molecule has 0 saturated heterocycles. The molecule has 0 aliphatic heterocycles. The summed E-state index contributed by atoms with van der Waals surface area (Å²) in [4.78, 5) is 0. The third-order valence-electron chi connectivity index (χ3n) is 0. The van der Waals surface area contributed by atoms with Crippen molar-refractivity contribution in [2.45, 2.75) is 0 Å². The monoisotopic (exact) mass is 548 g/mol. The Hall–Kier alpha value is 4.56. The van der Waals surface area contributed by atoms with Gasteiger partial charge in [-0.15, -0.1) is 0 Å². The molecule has 0 radical (unpaired) electrons. The van der Waals surface area contributed by atoms with Crippen LogP contribution in [0, 0.1) is 81.2 Å². The van der Waals surface area contributed by atoms with Gasteiger partial charge in [0.05, 0.1) is 0 Å². The summed E-state index contributed by atoms with van der Waals surface area (Å²) in [6.45, 7) is 0. The van der Waals surface area contributed by atoms with Gasteiger partial charge in [-0.1, -0.05) is 0 Å². The Morgan fingerprint density at radius 2 is 1.00 bits per heavy atom. The standard InChI is InChI=1S/2Mo.Nd.Ni.Sm. The van der Waals surface area contributed by atoms with Crippen LogP contribution in [-0.2, 0) is 50.1 Å². The fourth-order valence-corrected chi connectivity index (χ4v) is 0. The summed E-state index contributed by atoms with van der Waals surface area (Å²) in [7, 11) is 0. The zero-order valence-corrected chi connectivity index (χ0v) is 12.9. The molecule has 0 nitrogen and oxygen atoms in total. The molecular formula is Mo2NdNiSm. The minimum absolute atomic E-state index is 0. The van der Waals surface area contributed by atoms with Gasteiger partial charge < -0.3 is 0 Å². The van der Waals surface area contributed by atoms with E-state index in [1.54, 1.807) is 0 Å². The van der Waals surface area contributed by atoms with Crippen molar-refractivity contribution in [1.82, 2.24) is 0 Å². The quantitative estimate of drug-likeness (QED) is 0.377. The summed E-state index contributed by atoms with van der Waals surface area (Å²) in [6, 6.07) is 0. The van der Waals surface area contributed by atoms with Crippen LogP contribution in [0.25, 0.3) is 0 Å². The predicted octanol–water partition coefficient (Wildman–Crippen LogP) is -0.00750. The third-order valence-corrected chi connectivity index (χ3v) is 0. The molecule has 0 aromatic rings. The molecule has 5 heteroatoms. The minimum Gasteiger partial charge on any atom is 0 e. The van der Waals surface area contributed by atoms with Crippen molar-refractivity contribution in [1.29, 1.82) is 0 Å². The van der Waals surface area contributed by atoms with Crippen molar-refractivity contribution >= 4 is 0 Å². The van der Waals surface area contributed by atoms with Crippen LogP contribution in [-0.4, -0.2) is 0 Å². The van der Waals surface area contributed by atoms with Gasteiger partial charge in [0.25, 0.3) is 0 Å². The molecule has 0 atom stereocenters.